The van der Waals surface area contributed by atoms with E-state index in [1.54, 1.807) is 0 Å². The summed E-state index contributed by atoms with van der Waals surface area (Å²) in [5, 5.41) is 4.31. The molecule has 0 bridgehead atoms. The highest BCUT2D eigenvalue weighted by molar-refractivity contribution is 7.88. The molecule has 1 heterocycles. The van der Waals surface area contributed by atoms with Crippen molar-refractivity contribution >= 4 is 10.0 Å². The lowest BCUT2D eigenvalue weighted by atomic mass is 10.2. The predicted octanol–water partition coefficient (Wildman–Crippen LogP) is -0.355. The van der Waals surface area contributed by atoms with Crippen molar-refractivity contribution in [2.75, 3.05) is 25.9 Å². The Hall–Kier alpha value is -0.130. The second-order valence-corrected chi connectivity index (χ2v) is 5.07. The number of nitrogens with zero attached hydrogens (tertiary/aromatic N) is 2. The maximum atomic E-state index is 11.1. The summed E-state index contributed by atoms with van der Waals surface area (Å²) in [6, 6.07) is 0.202. The molecule has 0 N–H and O–H groups in total. The summed E-state index contributed by atoms with van der Waals surface area (Å²) in [6.45, 7) is 3.79. The first-order valence-corrected chi connectivity index (χ1v) is 6.00. The Kier molecular flexibility index (Phi) is 3.09. The maximum absolute atomic E-state index is 11.1. The Labute approximate surface area is 74.0 Å². The fourth-order valence-electron chi connectivity index (χ4n) is 1.30. The second kappa shape index (κ2) is 3.72. The van der Waals surface area contributed by atoms with Crippen LogP contribution in [0.1, 0.15) is 13.3 Å². The van der Waals surface area contributed by atoms with Crippen LogP contribution in [0, 0.1) is 0 Å². The largest absolute Gasteiger partial charge is 0.236 e. The summed E-state index contributed by atoms with van der Waals surface area (Å²) in [7, 11) is -3.00. The standard InChI is InChI=1S/C7H15N2O2S/c1-3-7-6-9(5-4-8-7)12(2,10)11/h7H,3-6H2,1-2H3. The van der Waals surface area contributed by atoms with Crippen molar-refractivity contribution < 1.29 is 8.42 Å². The van der Waals surface area contributed by atoms with Gasteiger partial charge >= 0.3 is 0 Å². The number of hydrogen-bond acceptors (Lipinski definition) is 2. The highest BCUT2D eigenvalue weighted by Gasteiger charge is 2.24. The summed E-state index contributed by atoms with van der Waals surface area (Å²) in [5.74, 6) is 0. The summed E-state index contributed by atoms with van der Waals surface area (Å²) >= 11 is 0. The molecule has 0 saturated carbocycles. The van der Waals surface area contributed by atoms with E-state index in [1.165, 1.54) is 10.6 Å². The van der Waals surface area contributed by atoms with Gasteiger partial charge in [-0.25, -0.2) is 13.7 Å². The molecule has 1 rings (SSSR count). The number of piperazine rings is 1. The fraction of sp³-hybridized carbons (Fsp3) is 1.00. The molecule has 0 aromatic heterocycles. The molecule has 1 aliphatic heterocycles. The molecular formula is C7H15N2O2S. The van der Waals surface area contributed by atoms with Gasteiger partial charge in [0.25, 0.3) is 0 Å². The Morgan fingerprint density at radius 3 is 2.75 bits per heavy atom. The first kappa shape index (κ1) is 9.95. The molecule has 12 heavy (non-hydrogen) atoms. The van der Waals surface area contributed by atoms with Crippen LogP contribution in [0.25, 0.3) is 0 Å². The minimum absolute atomic E-state index is 0.202. The van der Waals surface area contributed by atoms with E-state index in [2.05, 4.69) is 5.32 Å². The molecule has 0 aromatic rings. The third-order valence-electron chi connectivity index (χ3n) is 2.09. The van der Waals surface area contributed by atoms with Gasteiger partial charge in [-0.05, 0) is 6.42 Å². The highest BCUT2D eigenvalue weighted by Crippen LogP contribution is 2.07. The quantitative estimate of drug-likeness (QED) is 0.599. The summed E-state index contributed by atoms with van der Waals surface area (Å²) in [6.07, 6.45) is 2.18. The van der Waals surface area contributed by atoms with Crippen LogP contribution in [0.5, 0.6) is 0 Å². The van der Waals surface area contributed by atoms with Crippen LogP contribution < -0.4 is 5.32 Å². The predicted molar refractivity (Wildman–Crippen MR) is 47.5 cm³/mol. The van der Waals surface area contributed by atoms with Crippen molar-refractivity contribution in [2.24, 2.45) is 0 Å². The second-order valence-electron chi connectivity index (χ2n) is 3.09. The molecule has 0 amide bonds. The van der Waals surface area contributed by atoms with Crippen LogP contribution in [-0.2, 0) is 10.0 Å². The lowest BCUT2D eigenvalue weighted by Crippen LogP contribution is -2.48. The summed E-state index contributed by atoms with van der Waals surface area (Å²) < 4.78 is 23.8. The van der Waals surface area contributed by atoms with Gasteiger partial charge in [0.1, 0.15) is 0 Å². The van der Waals surface area contributed by atoms with Crippen molar-refractivity contribution in [3.63, 3.8) is 0 Å². The van der Waals surface area contributed by atoms with Gasteiger partial charge in [0, 0.05) is 25.7 Å². The van der Waals surface area contributed by atoms with E-state index in [0.717, 1.165) is 6.42 Å². The number of rotatable bonds is 2. The molecule has 0 aromatic carbocycles. The first-order valence-electron chi connectivity index (χ1n) is 4.15. The Morgan fingerprint density at radius 1 is 1.58 bits per heavy atom. The van der Waals surface area contributed by atoms with Gasteiger partial charge in [-0.15, -0.1) is 0 Å². The molecule has 0 aliphatic carbocycles. The van der Waals surface area contributed by atoms with E-state index in [4.69, 9.17) is 0 Å². The van der Waals surface area contributed by atoms with Crippen LogP contribution >= 0.6 is 0 Å². The molecule has 1 aliphatic rings. The minimum Gasteiger partial charge on any atom is -0.236 e. The van der Waals surface area contributed by atoms with Gasteiger partial charge in [0.2, 0.25) is 10.0 Å². The molecule has 1 unspecified atom stereocenters. The summed E-state index contributed by atoms with van der Waals surface area (Å²) in [5.41, 5.74) is 0. The van der Waals surface area contributed by atoms with E-state index in [-0.39, 0.29) is 6.04 Å². The van der Waals surface area contributed by atoms with E-state index < -0.39 is 10.0 Å². The third kappa shape index (κ3) is 2.43. The molecule has 71 valence electrons. The average molecular weight is 191 g/mol. The zero-order chi connectivity index (χ0) is 9.19. The van der Waals surface area contributed by atoms with Crippen molar-refractivity contribution in [3.8, 4) is 0 Å². The van der Waals surface area contributed by atoms with Crippen LogP contribution in [-0.4, -0.2) is 44.7 Å². The Balaban J connectivity index is 2.58. The number of hydrogen-bond donors (Lipinski definition) is 0. The van der Waals surface area contributed by atoms with Crippen molar-refractivity contribution in [3.05, 3.63) is 0 Å². The lowest BCUT2D eigenvalue weighted by Gasteiger charge is -2.29. The first-order chi connectivity index (χ1) is 5.54. The molecule has 0 spiro atoms. The van der Waals surface area contributed by atoms with Gasteiger partial charge in [-0.2, -0.15) is 4.31 Å². The zero-order valence-electron chi connectivity index (χ0n) is 7.52. The lowest BCUT2D eigenvalue weighted by molar-refractivity contribution is 0.290. The van der Waals surface area contributed by atoms with Gasteiger partial charge in [0.05, 0.1) is 6.26 Å². The Morgan fingerprint density at radius 2 is 2.25 bits per heavy atom. The molecule has 1 radical (unpaired) electrons. The van der Waals surface area contributed by atoms with Crippen LogP contribution in [0.15, 0.2) is 0 Å². The SMILES string of the molecule is CCC1CN(S(C)(=O)=O)CC[N]1. The average Bonchev–Trinajstić information content (AvgIpc) is 2.03. The van der Waals surface area contributed by atoms with Crippen LogP contribution in [0.2, 0.25) is 0 Å². The van der Waals surface area contributed by atoms with Gasteiger partial charge < -0.3 is 0 Å². The minimum atomic E-state index is -3.00. The van der Waals surface area contributed by atoms with E-state index >= 15 is 0 Å². The molecule has 5 heteroatoms. The Bertz CT molecular complexity index is 238. The smallest absolute Gasteiger partial charge is 0.211 e. The van der Waals surface area contributed by atoms with Gasteiger partial charge in [0.15, 0.2) is 0 Å². The van der Waals surface area contributed by atoms with Crippen molar-refractivity contribution in [1.82, 2.24) is 9.62 Å². The van der Waals surface area contributed by atoms with Crippen LogP contribution in [0.3, 0.4) is 0 Å². The molecule has 4 nitrogen and oxygen atoms in total. The van der Waals surface area contributed by atoms with Crippen molar-refractivity contribution in [2.45, 2.75) is 19.4 Å². The molecule has 1 saturated heterocycles. The third-order valence-corrected chi connectivity index (χ3v) is 3.36. The normalized spacial score (nSPS) is 27.3. The topological polar surface area (TPSA) is 51.5 Å². The monoisotopic (exact) mass is 191 g/mol. The van der Waals surface area contributed by atoms with E-state index in [0.29, 0.717) is 19.6 Å². The van der Waals surface area contributed by atoms with Crippen molar-refractivity contribution in [1.29, 1.82) is 0 Å². The molecular weight excluding hydrogens is 176 g/mol. The van der Waals surface area contributed by atoms with Gasteiger partial charge in [-0.1, -0.05) is 6.92 Å². The van der Waals surface area contributed by atoms with Crippen LogP contribution in [0.4, 0.5) is 0 Å². The highest BCUT2D eigenvalue weighted by atomic mass is 32.2. The fourth-order valence-corrected chi connectivity index (χ4v) is 2.15. The summed E-state index contributed by atoms with van der Waals surface area (Å²) in [4.78, 5) is 0. The zero-order valence-corrected chi connectivity index (χ0v) is 8.34. The molecule has 1 atom stereocenters. The van der Waals surface area contributed by atoms with E-state index in [1.807, 2.05) is 6.92 Å². The molecule has 1 fully saturated rings. The number of sulfonamides is 1. The van der Waals surface area contributed by atoms with Gasteiger partial charge in [-0.3, -0.25) is 0 Å². The maximum Gasteiger partial charge on any atom is 0.211 e. The van der Waals surface area contributed by atoms with E-state index in [9.17, 15) is 8.42 Å².